The third kappa shape index (κ3) is 3.14. The maximum Gasteiger partial charge on any atom is 0.252 e. The highest BCUT2D eigenvalue weighted by atomic mass is 16.3. The van der Waals surface area contributed by atoms with Gasteiger partial charge >= 0.3 is 0 Å². The van der Waals surface area contributed by atoms with E-state index in [4.69, 9.17) is 0 Å². The Morgan fingerprint density at radius 1 is 1.27 bits per heavy atom. The minimum Gasteiger partial charge on any atom is -0.508 e. The van der Waals surface area contributed by atoms with Gasteiger partial charge in [0, 0.05) is 17.8 Å². The number of aryl methyl sites for hydroxylation is 1. The molecule has 1 aliphatic carbocycles. The van der Waals surface area contributed by atoms with Crippen LogP contribution in [0.2, 0.25) is 0 Å². The van der Waals surface area contributed by atoms with E-state index < -0.39 is 0 Å². The van der Waals surface area contributed by atoms with Crippen molar-refractivity contribution in [3.05, 3.63) is 41.6 Å². The lowest BCUT2D eigenvalue weighted by molar-refractivity contribution is 0.0949. The van der Waals surface area contributed by atoms with Crippen molar-refractivity contribution >= 4 is 16.9 Å². The first-order valence-electron chi connectivity index (χ1n) is 9.05. The zero-order chi connectivity index (χ0) is 18.1. The number of carbonyl (C=O) groups is 1. The quantitative estimate of drug-likeness (QED) is 0.671. The zero-order valence-corrected chi connectivity index (χ0v) is 14.7. The number of hydrogen-bond acceptors (Lipinski definition) is 4. The van der Waals surface area contributed by atoms with Gasteiger partial charge in [-0.3, -0.25) is 9.89 Å². The van der Waals surface area contributed by atoms with Gasteiger partial charge in [-0.25, -0.2) is 4.98 Å². The third-order valence-corrected chi connectivity index (χ3v) is 5.14. The van der Waals surface area contributed by atoms with Crippen LogP contribution in [0.25, 0.3) is 22.3 Å². The summed E-state index contributed by atoms with van der Waals surface area (Å²) in [5, 5.41) is 20.5. The van der Waals surface area contributed by atoms with Crippen LogP contribution in [0.15, 0.2) is 30.3 Å². The molecule has 3 aromatic rings. The number of aromatic amines is 1. The molecule has 6 heteroatoms. The van der Waals surface area contributed by atoms with E-state index in [1.165, 1.54) is 25.7 Å². The van der Waals surface area contributed by atoms with Gasteiger partial charge in [0.05, 0.1) is 16.6 Å². The largest absolute Gasteiger partial charge is 0.508 e. The van der Waals surface area contributed by atoms with Crippen molar-refractivity contribution in [2.75, 3.05) is 6.54 Å². The van der Waals surface area contributed by atoms with E-state index in [-0.39, 0.29) is 11.7 Å². The van der Waals surface area contributed by atoms with E-state index in [0.717, 1.165) is 16.6 Å². The number of amides is 1. The summed E-state index contributed by atoms with van der Waals surface area (Å²) in [5.41, 5.74) is 3.43. The molecule has 0 atom stereocenters. The molecule has 1 aromatic carbocycles. The number of nitrogens with one attached hydrogen (secondary N) is 2. The highest BCUT2D eigenvalue weighted by molar-refractivity contribution is 6.07. The molecule has 1 saturated carbocycles. The first kappa shape index (κ1) is 16.6. The second-order valence-corrected chi connectivity index (χ2v) is 7.01. The second-order valence-electron chi connectivity index (χ2n) is 7.01. The molecule has 1 fully saturated rings. The number of phenolic OH excluding ortho intramolecular Hbond substituents is 1. The topological polar surface area (TPSA) is 90.9 Å². The van der Waals surface area contributed by atoms with E-state index in [1.54, 1.807) is 30.3 Å². The van der Waals surface area contributed by atoms with Crippen LogP contribution in [-0.4, -0.2) is 32.7 Å². The van der Waals surface area contributed by atoms with Gasteiger partial charge in [0.25, 0.3) is 5.91 Å². The van der Waals surface area contributed by atoms with Gasteiger partial charge in [-0.1, -0.05) is 12.8 Å². The van der Waals surface area contributed by atoms with Crippen molar-refractivity contribution in [2.45, 2.75) is 32.6 Å². The van der Waals surface area contributed by atoms with Gasteiger partial charge in [-0.2, -0.15) is 5.10 Å². The number of pyridine rings is 1. The second kappa shape index (κ2) is 6.78. The van der Waals surface area contributed by atoms with E-state index in [9.17, 15) is 9.90 Å². The van der Waals surface area contributed by atoms with Crippen LogP contribution in [0.3, 0.4) is 0 Å². The predicted molar refractivity (Wildman–Crippen MR) is 100 cm³/mol. The van der Waals surface area contributed by atoms with Crippen LogP contribution in [-0.2, 0) is 0 Å². The molecular weight excluding hydrogens is 328 g/mol. The van der Waals surface area contributed by atoms with Crippen LogP contribution in [0.4, 0.5) is 0 Å². The highest BCUT2D eigenvalue weighted by Crippen LogP contribution is 2.27. The molecule has 0 unspecified atom stereocenters. The third-order valence-electron chi connectivity index (χ3n) is 5.14. The van der Waals surface area contributed by atoms with Crippen molar-refractivity contribution in [3.8, 4) is 17.0 Å². The van der Waals surface area contributed by atoms with Gasteiger partial charge < -0.3 is 10.4 Å². The molecular formula is C20H22N4O2. The lowest BCUT2D eigenvalue weighted by atomic mass is 10.0. The number of H-pyrrole nitrogens is 1. The smallest absolute Gasteiger partial charge is 0.252 e. The molecule has 2 heterocycles. The van der Waals surface area contributed by atoms with E-state index in [2.05, 4.69) is 20.5 Å². The predicted octanol–water partition coefficient (Wildman–Crippen LogP) is 3.56. The number of hydrogen-bond donors (Lipinski definition) is 3. The summed E-state index contributed by atoms with van der Waals surface area (Å²) in [6, 6.07) is 8.58. The first-order chi connectivity index (χ1) is 12.6. The Morgan fingerprint density at radius 3 is 2.73 bits per heavy atom. The fourth-order valence-corrected chi connectivity index (χ4v) is 3.68. The van der Waals surface area contributed by atoms with Crippen molar-refractivity contribution in [3.63, 3.8) is 0 Å². The normalized spacial score (nSPS) is 14.8. The molecule has 0 saturated heterocycles. The molecule has 1 amide bonds. The number of aromatic nitrogens is 3. The Morgan fingerprint density at radius 2 is 2.00 bits per heavy atom. The molecule has 0 radical (unpaired) electrons. The number of benzene rings is 1. The Balaban J connectivity index is 1.70. The van der Waals surface area contributed by atoms with E-state index >= 15 is 0 Å². The molecule has 2 aromatic heterocycles. The fraction of sp³-hybridized carbons (Fsp3) is 0.350. The van der Waals surface area contributed by atoms with Gasteiger partial charge in [0.1, 0.15) is 5.75 Å². The summed E-state index contributed by atoms with van der Waals surface area (Å²) >= 11 is 0. The Kier molecular flexibility index (Phi) is 4.32. The Bertz CT molecular complexity index is 940. The van der Waals surface area contributed by atoms with E-state index in [1.807, 2.05) is 6.92 Å². The molecule has 3 N–H and O–H groups in total. The van der Waals surface area contributed by atoms with Crippen LogP contribution >= 0.6 is 0 Å². The van der Waals surface area contributed by atoms with Crippen LogP contribution < -0.4 is 5.32 Å². The Hall–Kier alpha value is -2.89. The lowest BCUT2D eigenvalue weighted by Gasteiger charge is -2.12. The summed E-state index contributed by atoms with van der Waals surface area (Å²) in [6.07, 6.45) is 4.89. The van der Waals surface area contributed by atoms with Gasteiger partial charge in [-0.15, -0.1) is 0 Å². The summed E-state index contributed by atoms with van der Waals surface area (Å²) in [5.74, 6) is 0.687. The molecule has 4 rings (SSSR count). The molecule has 1 aliphatic rings. The van der Waals surface area contributed by atoms with Crippen molar-refractivity contribution in [1.29, 1.82) is 0 Å². The number of rotatable bonds is 4. The number of aromatic hydroxyl groups is 1. The molecule has 0 bridgehead atoms. The van der Waals surface area contributed by atoms with Crippen LogP contribution in [0.5, 0.6) is 5.75 Å². The first-order valence-corrected chi connectivity index (χ1v) is 9.05. The highest BCUT2D eigenvalue weighted by Gasteiger charge is 2.20. The number of nitrogens with zero attached hydrogens (tertiary/aromatic N) is 2. The van der Waals surface area contributed by atoms with Crippen molar-refractivity contribution in [2.24, 2.45) is 5.92 Å². The average Bonchev–Trinajstić information content (AvgIpc) is 3.30. The average molecular weight is 350 g/mol. The molecule has 0 aliphatic heterocycles. The summed E-state index contributed by atoms with van der Waals surface area (Å²) < 4.78 is 0. The van der Waals surface area contributed by atoms with E-state index in [0.29, 0.717) is 29.4 Å². The Labute approximate surface area is 151 Å². The zero-order valence-electron chi connectivity index (χ0n) is 14.7. The van der Waals surface area contributed by atoms with Crippen molar-refractivity contribution < 1.29 is 9.90 Å². The van der Waals surface area contributed by atoms with Crippen LogP contribution in [0.1, 0.15) is 41.7 Å². The monoisotopic (exact) mass is 350 g/mol. The molecule has 26 heavy (non-hydrogen) atoms. The number of phenols is 1. The SMILES string of the molecule is Cc1[nH]nc2nc(-c3ccc(O)cc3)cc(C(=O)NCC3CCCC3)c12. The minimum absolute atomic E-state index is 0.0890. The van der Waals surface area contributed by atoms with Gasteiger partial charge in [-0.05, 0) is 56.0 Å². The fourth-order valence-electron chi connectivity index (χ4n) is 3.68. The minimum atomic E-state index is -0.0890. The summed E-state index contributed by atoms with van der Waals surface area (Å²) in [6.45, 7) is 2.61. The molecule has 6 nitrogen and oxygen atoms in total. The maximum absolute atomic E-state index is 12.9. The maximum atomic E-state index is 12.9. The van der Waals surface area contributed by atoms with Gasteiger partial charge in [0.15, 0.2) is 5.65 Å². The standard InChI is InChI=1S/C20H22N4O2/c1-12-18-16(20(26)21-11-13-4-2-3-5-13)10-17(22-19(18)24-23-12)14-6-8-15(25)9-7-14/h6-10,13,25H,2-5,11H2,1H3,(H,21,26)(H,22,23,24). The van der Waals surface area contributed by atoms with Crippen LogP contribution in [0, 0.1) is 12.8 Å². The summed E-state index contributed by atoms with van der Waals surface area (Å²) in [7, 11) is 0. The van der Waals surface area contributed by atoms with Gasteiger partial charge in [0.2, 0.25) is 0 Å². The lowest BCUT2D eigenvalue weighted by Crippen LogP contribution is -2.28. The molecule has 0 spiro atoms. The summed E-state index contributed by atoms with van der Waals surface area (Å²) in [4.78, 5) is 17.5. The van der Waals surface area contributed by atoms with Crippen molar-refractivity contribution in [1.82, 2.24) is 20.5 Å². The number of carbonyl (C=O) groups excluding carboxylic acids is 1. The molecule has 134 valence electrons. The number of fused-ring (bicyclic) bond motifs is 1.